The van der Waals surface area contributed by atoms with E-state index in [0.29, 0.717) is 5.82 Å². The van der Waals surface area contributed by atoms with Crippen LogP contribution >= 0.6 is 11.6 Å². The third-order valence-electron chi connectivity index (χ3n) is 2.56. The monoisotopic (exact) mass is 259 g/mol. The van der Waals surface area contributed by atoms with Crippen molar-refractivity contribution in [1.29, 1.82) is 0 Å². The summed E-state index contributed by atoms with van der Waals surface area (Å²) in [5.41, 5.74) is 0. The summed E-state index contributed by atoms with van der Waals surface area (Å²) in [5.74, 6) is -0.0755. The standard InChI is InChI=1S/C12H19ClFN3/c1-3-5-7-17(8-6-4-2)11-10(14)9-15-12(13)16-11/h9H,3-8H2,1-2H3. The molecule has 0 unspecified atom stereocenters. The van der Waals surface area contributed by atoms with E-state index in [0.717, 1.165) is 45.0 Å². The topological polar surface area (TPSA) is 29.0 Å². The number of rotatable bonds is 7. The maximum Gasteiger partial charge on any atom is 0.224 e. The van der Waals surface area contributed by atoms with Crippen LogP contribution in [-0.4, -0.2) is 23.1 Å². The molecule has 17 heavy (non-hydrogen) atoms. The van der Waals surface area contributed by atoms with E-state index in [9.17, 15) is 4.39 Å². The first-order valence-electron chi connectivity index (χ1n) is 6.12. The molecule has 0 aliphatic carbocycles. The maximum atomic E-state index is 13.6. The SMILES string of the molecule is CCCCN(CCCC)c1nc(Cl)ncc1F. The zero-order valence-corrected chi connectivity index (χ0v) is 11.2. The van der Waals surface area contributed by atoms with Gasteiger partial charge < -0.3 is 4.90 Å². The van der Waals surface area contributed by atoms with E-state index in [1.807, 2.05) is 4.90 Å². The zero-order valence-electron chi connectivity index (χ0n) is 10.4. The summed E-state index contributed by atoms with van der Waals surface area (Å²) in [7, 11) is 0. The Labute approximate surface area is 107 Å². The smallest absolute Gasteiger partial charge is 0.224 e. The first-order valence-corrected chi connectivity index (χ1v) is 6.49. The summed E-state index contributed by atoms with van der Waals surface area (Å²) in [4.78, 5) is 9.57. The molecular weight excluding hydrogens is 241 g/mol. The Kier molecular flexibility index (Phi) is 6.19. The van der Waals surface area contributed by atoms with Crippen molar-refractivity contribution in [3.63, 3.8) is 0 Å². The number of unbranched alkanes of at least 4 members (excludes halogenated alkanes) is 2. The average molecular weight is 260 g/mol. The molecule has 1 aromatic heterocycles. The highest BCUT2D eigenvalue weighted by Gasteiger charge is 2.13. The molecule has 1 heterocycles. The van der Waals surface area contributed by atoms with Crippen molar-refractivity contribution in [3.05, 3.63) is 17.3 Å². The molecule has 1 rings (SSSR count). The number of aromatic nitrogens is 2. The molecule has 0 atom stereocenters. The predicted molar refractivity (Wildman–Crippen MR) is 69.0 cm³/mol. The molecule has 0 radical (unpaired) electrons. The molecule has 0 aliphatic rings. The molecule has 0 amide bonds. The van der Waals surface area contributed by atoms with Gasteiger partial charge in [-0.15, -0.1) is 0 Å². The van der Waals surface area contributed by atoms with Gasteiger partial charge >= 0.3 is 0 Å². The van der Waals surface area contributed by atoms with Crippen molar-refractivity contribution in [2.24, 2.45) is 0 Å². The van der Waals surface area contributed by atoms with Gasteiger partial charge in [-0.05, 0) is 24.4 Å². The van der Waals surface area contributed by atoms with Crippen molar-refractivity contribution in [3.8, 4) is 0 Å². The maximum absolute atomic E-state index is 13.6. The van der Waals surface area contributed by atoms with Crippen LogP contribution in [0.4, 0.5) is 10.2 Å². The van der Waals surface area contributed by atoms with Crippen LogP contribution in [0.3, 0.4) is 0 Å². The van der Waals surface area contributed by atoms with Crippen LogP contribution in [-0.2, 0) is 0 Å². The van der Waals surface area contributed by atoms with Gasteiger partial charge in [-0.3, -0.25) is 0 Å². The van der Waals surface area contributed by atoms with Crippen molar-refractivity contribution in [2.75, 3.05) is 18.0 Å². The minimum Gasteiger partial charge on any atom is -0.354 e. The third-order valence-corrected chi connectivity index (χ3v) is 2.74. The highest BCUT2D eigenvalue weighted by atomic mass is 35.5. The van der Waals surface area contributed by atoms with Gasteiger partial charge in [0.05, 0.1) is 6.20 Å². The lowest BCUT2D eigenvalue weighted by atomic mass is 10.2. The average Bonchev–Trinajstić information content (AvgIpc) is 2.33. The van der Waals surface area contributed by atoms with Crippen molar-refractivity contribution < 1.29 is 4.39 Å². The number of nitrogens with zero attached hydrogens (tertiary/aromatic N) is 3. The van der Waals surface area contributed by atoms with E-state index in [4.69, 9.17) is 11.6 Å². The number of anilines is 1. The number of hydrogen-bond acceptors (Lipinski definition) is 3. The molecule has 3 nitrogen and oxygen atoms in total. The fraction of sp³-hybridized carbons (Fsp3) is 0.667. The molecule has 0 bridgehead atoms. The second-order valence-corrected chi connectivity index (χ2v) is 4.34. The highest BCUT2D eigenvalue weighted by Crippen LogP contribution is 2.18. The fourth-order valence-corrected chi connectivity index (χ4v) is 1.71. The third kappa shape index (κ3) is 4.46. The van der Waals surface area contributed by atoms with Crippen LogP contribution in [0.25, 0.3) is 0 Å². The van der Waals surface area contributed by atoms with Crippen LogP contribution in [0.1, 0.15) is 39.5 Å². The summed E-state index contributed by atoms with van der Waals surface area (Å²) in [5, 5.41) is 0.0967. The summed E-state index contributed by atoms with van der Waals surface area (Å²) < 4.78 is 13.6. The molecule has 0 saturated carbocycles. The lowest BCUT2D eigenvalue weighted by Crippen LogP contribution is -2.27. The Morgan fingerprint density at radius 2 is 1.82 bits per heavy atom. The Morgan fingerprint density at radius 1 is 1.24 bits per heavy atom. The second kappa shape index (κ2) is 7.43. The van der Waals surface area contributed by atoms with E-state index in [1.165, 1.54) is 0 Å². The highest BCUT2D eigenvalue weighted by molar-refractivity contribution is 6.28. The van der Waals surface area contributed by atoms with Gasteiger partial charge in [0.15, 0.2) is 11.6 Å². The molecule has 0 spiro atoms. The first-order chi connectivity index (χ1) is 8.19. The lowest BCUT2D eigenvalue weighted by Gasteiger charge is -2.23. The van der Waals surface area contributed by atoms with Gasteiger partial charge in [0.25, 0.3) is 0 Å². The van der Waals surface area contributed by atoms with Crippen LogP contribution in [0.5, 0.6) is 0 Å². The minimum atomic E-state index is -0.401. The Hall–Kier alpha value is -0.900. The molecule has 0 fully saturated rings. The minimum absolute atomic E-state index is 0.0967. The predicted octanol–water partition coefficient (Wildman–Crippen LogP) is 3.68. The summed E-state index contributed by atoms with van der Waals surface area (Å²) in [6, 6.07) is 0. The Balaban J connectivity index is 2.82. The fourth-order valence-electron chi connectivity index (χ4n) is 1.58. The van der Waals surface area contributed by atoms with E-state index in [1.54, 1.807) is 0 Å². The molecule has 0 aliphatic heterocycles. The largest absolute Gasteiger partial charge is 0.354 e. The van der Waals surface area contributed by atoms with Crippen LogP contribution in [0.15, 0.2) is 6.20 Å². The van der Waals surface area contributed by atoms with Gasteiger partial charge in [0.2, 0.25) is 5.28 Å². The molecule has 0 saturated heterocycles. The molecule has 1 aromatic rings. The van der Waals surface area contributed by atoms with Gasteiger partial charge in [0.1, 0.15) is 0 Å². The zero-order chi connectivity index (χ0) is 12.7. The normalized spacial score (nSPS) is 10.6. The summed E-state index contributed by atoms with van der Waals surface area (Å²) >= 11 is 5.71. The van der Waals surface area contributed by atoms with Crippen LogP contribution < -0.4 is 4.90 Å². The van der Waals surface area contributed by atoms with Crippen LogP contribution in [0, 0.1) is 5.82 Å². The molecule has 96 valence electrons. The van der Waals surface area contributed by atoms with E-state index in [-0.39, 0.29) is 5.28 Å². The molecule has 0 N–H and O–H groups in total. The van der Waals surface area contributed by atoms with Crippen molar-refractivity contribution in [1.82, 2.24) is 9.97 Å². The van der Waals surface area contributed by atoms with Gasteiger partial charge in [-0.25, -0.2) is 9.37 Å². The Bertz CT molecular complexity index is 339. The van der Waals surface area contributed by atoms with Gasteiger partial charge in [-0.2, -0.15) is 4.98 Å². The summed E-state index contributed by atoms with van der Waals surface area (Å²) in [6.07, 6.45) is 5.32. The Morgan fingerprint density at radius 3 is 2.35 bits per heavy atom. The second-order valence-electron chi connectivity index (χ2n) is 4.00. The lowest BCUT2D eigenvalue weighted by molar-refractivity contribution is 0.589. The molecular formula is C12H19ClFN3. The molecule has 5 heteroatoms. The van der Waals surface area contributed by atoms with Crippen LogP contribution in [0.2, 0.25) is 5.28 Å². The molecule has 0 aromatic carbocycles. The van der Waals surface area contributed by atoms with E-state index < -0.39 is 5.82 Å². The van der Waals surface area contributed by atoms with Gasteiger partial charge in [0, 0.05) is 13.1 Å². The first kappa shape index (κ1) is 14.2. The van der Waals surface area contributed by atoms with E-state index in [2.05, 4.69) is 23.8 Å². The quantitative estimate of drug-likeness (QED) is 0.700. The van der Waals surface area contributed by atoms with Gasteiger partial charge in [-0.1, -0.05) is 26.7 Å². The van der Waals surface area contributed by atoms with Crippen molar-refractivity contribution in [2.45, 2.75) is 39.5 Å². The number of hydrogen-bond donors (Lipinski definition) is 0. The number of halogens is 2. The van der Waals surface area contributed by atoms with Crippen molar-refractivity contribution >= 4 is 17.4 Å². The van der Waals surface area contributed by atoms with E-state index >= 15 is 0 Å². The summed E-state index contributed by atoms with van der Waals surface area (Å²) in [6.45, 7) is 5.84.